The van der Waals surface area contributed by atoms with Crippen LogP contribution in [-0.2, 0) is 4.74 Å². The summed E-state index contributed by atoms with van der Waals surface area (Å²) in [5.41, 5.74) is 2.81. The Morgan fingerprint density at radius 3 is 2.44 bits per heavy atom. The maximum atomic E-state index is 5.44. The van der Waals surface area contributed by atoms with E-state index in [4.69, 9.17) is 4.74 Å². The molecule has 0 aromatic carbocycles. The molecule has 0 atom stereocenters. The molecule has 0 rings (SSSR count). The highest BCUT2D eigenvalue weighted by molar-refractivity contribution is 5.02. The van der Waals surface area contributed by atoms with Crippen molar-refractivity contribution >= 4 is 0 Å². The summed E-state index contributed by atoms with van der Waals surface area (Å²) in [7, 11) is 0. The molecular weight excluding hydrogens is 220 g/mol. The van der Waals surface area contributed by atoms with E-state index in [0.29, 0.717) is 6.61 Å². The molecule has 104 valence electrons. The highest BCUT2D eigenvalue weighted by Gasteiger charge is 1.88. The van der Waals surface area contributed by atoms with Crippen LogP contribution in [0.2, 0.25) is 0 Å². The van der Waals surface area contributed by atoms with E-state index in [-0.39, 0.29) is 0 Å². The van der Waals surface area contributed by atoms with E-state index in [1.54, 1.807) is 0 Å². The average molecular weight is 250 g/mol. The van der Waals surface area contributed by atoms with E-state index in [2.05, 4.69) is 45.9 Å². The first-order valence-corrected chi connectivity index (χ1v) is 7.22. The lowest BCUT2D eigenvalue weighted by Gasteiger charge is -2.00. The summed E-state index contributed by atoms with van der Waals surface area (Å²) >= 11 is 0. The molecule has 18 heavy (non-hydrogen) atoms. The van der Waals surface area contributed by atoms with Crippen molar-refractivity contribution in [2.45, 2.75) is 66.2 Å². The van der Waals surface area contributed by atoms with Gasteiger partial charge in [-0.05, 0) is 58.6 Å². The van der Waals surface area contributed by atoms with Gasteiger partial charge in [-0.25, -0.2) is 0 Å². The van der Waals surface area contributed by atoms with Crippen molar-refractivity contribution in [2.24, 2.45) is 0 Å². The Hall–Kier alpha value is -0.980. The molecule has 0 amide bonds. The Morgan fingerprint density at radius 2 is 1.78 bits per heavy atom. The van der Waals surface area contributed by atoms with Crippen LogP contribution in [0.4, 0.5) is 0 Å². The zero-order valence-corrected chi connectivity index (χ0v) is 12.7. The Bertz CT molecular complexity index is 267. The van der Waals surface area contributed by atoms with Gasteiger partial charge in [-0.3, -0.25) is 0 Å². The third kappa shape index (κ3) is 13.1. The summed E-state index contributed by atoms with van der Waals surface area (Å²) in [5, 5.41) is 0. The fraction of sp³-hybridized carbons (Fsp3) is 0.647. The molecule has 0 spiro atoms. The highest BCUT2D eigenvalue weighted by Crippen LogP contribution is 2.06. The van der Waals surface area contributed by atoms with E-state index >= 15 is 0 Å². The number of rotatable bonds is 10. The normalized spacial score (nSPS) is 11.9. The maximum absolute atomic E-state index is 5.44. The van der Waals surface area contributed by atoms with Crippen molar-refractivity contribution in [1.29, 1.82) is 0 Å². The maximum Gasteiger partial charge on any atom is 0.106 e. The minimum Gasteiger partial charge on any atom is -0.497 e. The zero-order valence-electron chi connectivity index (χ0n) is 12.7. The van der Waals surface area contributed by atoms with E-state index in [9.17, 15) is 0 Å². The average Bonchev–Trinajstić information content (AvgIpc) is 2.32. The predicted molar refractivity (Wildman–Crippen MR) is 81.7 cm³/mol. The van der Waals surface area contributed by atoms with Crippen LogP contribution in [0.3, 0.4) is 0 Å². The van der Waals surface area contributed by atoms with E-state index in [1.165, 1.54) is 30.4 Å². The van der Waals surface area contributed by atoms with Gasteiger partial charge in [0.1, 0.15) is 6.61 Å². The van der Waals surface area contributed by atoms with E-state index in [0.717, 1.165) is 19.3 Å². The standard InChI is InChI=1S/C17H30O/c1-5-6-7-8-9-14-18-15-13-17(4)12-10-11-16(2)3/h9,11,13-14H,5-8,10,12,15H2,1-4H3. The Kier molecular flexibility index (Phi) is 11.8. The summed E-state index contributed by atoms with van der Waals surface area (Å²) in [6, 6.07) is 0. The molecule has 0 fully saturated rings. The molecule has 0 aromatic rings. The Labute approximate surface area is 114 Å². The molecule has 0 aliphatic carbocycles. The SMILES string of the molecule is CCCCCC=COCC=C(C)CCC=C(C)C. The minimum atomic E-state index is 0.699. The monoisotopic (exact) mass is 250 g/mol. The van der Waals surface area contributed by atoms with Crippen molar-refractivity contribution in [3.8, 4) is 0 Å². The first-order chi connectivity index (χ1) is 8.66. The number of hydrogen-bond acceptors (Lipinski definition) is 1. The second-order valence-corrected chi connectivity index (χ2v) is 5.07. The third-order valence-corrected chi connectivity index (χ3v) is 2.79. The van der Waals surface area contributed by atoms with Gasteiger partial charge in [-0.2, -0.15) is 0 Å². The lowest BCUT2D eigenvalue weighted by molar-refractivity contribution is 0.287. The van der Waals surface area contributed by atoms with E-state index < -0.39 is 0 Å². The van der Waals surface area contributed by atoms with Gasteiger partial charge < -0.3 is 4.74 Å². The lowest BCUT2D eigenvalue weighted by atomic mass is 10.1. The lowest BCUT2D eigenvalue weighted by Crippen LogP contribution is -1.85. The summed E-state index contributed by atoms with van der Waals surface area (Å²) in [6.45, 7) is 9.39. The van der Waals surface area contributed by atoms with Crippen LogP contribution in [0.5, 0.6) is 0 Å². The minimum absolute atomic E-state index is 0.699. The van der Waals surface area contributed by atoms with Gasteiger partial charge in [0.2, 0.25) is 0 Å². The number of allylic oxidation sites excluding steroid dienone is 4. The molecule has 0 aliphatic rings. The van der Waals surface area contributed by atoms with Crippen molar-refractivity contribution in [3.63, 3.8) is 0 Å². The molecular formula is C17H30O. The molecule has 0 aromatic heterocycles. The number of unbranched alkanes of at least 4 members (excludes halogenated alkanes) is 3. The topological polar surface area (TPSA) is 9.23 Å². The number of ether oxygens (including phenoxy) is 1. The van der Waals surface area contributed by atoms with Crippen LogP contribution >= 0.6 is 0 Å². The van der Waals surface area contributed by atoms with Gasteiger partial charge in [-0.1, -0.05) is 37.0 Å². The van der Waals surface area contributed by atoms with Crippen LogP contribution in [0.1, 0.15) is 66.2 Å². The van der Waals surface area contributed by atoms with Crippen LogP contribution in [-0.4, -0.2) is 6.61 Å². The van der Waals surface area contributed by atoms with Gasteiger partial charge in [0.15, 0.2) is 0 Å². The van der Waals surface area contributed by atoms with Crippen LogP contribution in [0, 0.1) is 0 Å². The predicted octanol–water partition coefficient (Wildman–Crippen LogP) is 5.79. The molecule has 0 N–H and O–H groups in total. The smallest absolute Gasteiger partial charge is 0.106 e. The fourth-order valence-corrected chi connectivity index (χ4v) is 1.58. The highest BCUT2D eigenvalue weighted by atomic mass is 16.5. The largest absolute Gasteiger partial charge is 0.497 e. The van der Waals surface area contributed by atoms with Crippen LogP contribution in [0.25, 0.3) is 0 Å². The molecule has 0 saturated heterocycles. The molecule has 0 bridgehead atoms. The summed E-state index contributed by atoms with van der Waals surface area (Å²) in [5.74, 6) is 0. The third-order valence-electron chi connectivity index (χ3n) is 2.79. The van der Waals surface area contributed by atoms with Gasteiger partial charge in [-0.15, -0.1) is 0 Å². The van der Waals surface area contributed by atoms with Crippen molar-refractivity contribution in [2.75, 3.05) is 6.61 Å². The van der Waals surface area contributed by atoms with Gasteiger partial charge >= 0.3 is 0 Å². The number of hydrogen-bond donors (Lipinski definition) is 0. The quantitative estimate of drug-likeness (QED) is 0.271. The summed E-state index contributed by atoms with van der Waals surface area (Å²) in [6.07, 6.45) is 15.7. The molecule has 1 nitrogen and oxygen atoms in total. The molecule has 0 radical (unpaired) electrons. The first-order valence-electron chi connectivity index (χ1n) is 7.22. The van der Waals surface area contributed by atoms with Crippen LogP contribution < -0.4 is 0 Å². The fourth-order valence-electron chi connectivity index (χ4n) is 1.58. The Morgan fingerprint density at radius 1 is 1.00 bits per heavy atom. The van der Waals surface area contributed by atoms with Gasteiger partial charge in [0.05, 0.1) is 6.26 Å². The van der Waals surface area contributed by atoms with E-state index in [1.807, 2.05) is 6.26 Å². The second-order valence-electron chi connectivity index (χ2n) is 5.07. The molecule has 0 unspecified atom stereocenters. The van der Waals surface area contributed by atoms with Gasteiger partial charge in [0.25, 0.3) is 0 Å². The van der Waals surface area contributed by atoms with Crippen LogP contribution in [0.15, 0.2) is 35.6 Å². The summed E-state index contributed by atoms with van der Waals surface area (Å²) in [4.78, 5) is 0. The van der Waals surface area contributed by atoms with Gasteiger partial charge in [0, 0.05) is 0 Å². The van der Waals surface area contributed by atoms with Crippen molar-refractivity contribution in [3.05, 3.63) is 35.6 Å². The Balaban J connectivity index is 3.53. The van der Waals surface area contributed by atoms with Crippen molar-refractivity contribution < 1.29 is 4.74 Å². The second kappa shape index (κ2) is 12.5. The molecule has 1 heteroatoms. The molecule has 0 heterocycles. The zero-order chi connectivity index (χ0) is 13.6. The molecule has 0 aliphatic heterocycles. The molecule has 0 saturated carbocycles. The first kappa shape index (κ1) is 17.0. The summed E-state index contributed by atoms with van der Waals surface area (Å²) < 4.78 is 5.44. The van der Waals surface area contributed by atoms with Crippen molar-refractivity contribution in [1.82, 2.24) is 0 Å².